The number of anilines is 1. The van der Waals surface area contributed by atoms with Crippen molar-refractivity contribution in [2.24, 2.45) is 0 Å². The van der Waals surface area contributed by atoms with Gasteiger partial charge in [0.15, 0.2) is 0 Å². The van der Waals surface area contributed by atoms with E-state index in [1.807, 2.05) is 26.0 Å². The molecule has 26 heavy (non-hydrogen) atoms. The van der Waals surface area contributed by atoms with Crippen LogP contribution < -0.4 is 4.90 Å². The molecule has 0 aliphatic heterocycles. The van der Waals surface area contributed by atoms with E-state index < -0.39 is 5.97 Å². The second-order valence-corrected chi connectivity index (χ2v) is 6.46. The zero-order chi connectivity index (χ0) is 19.4. The number of aromatic amines is 1. The van der Waals surface area contributed by atoms with Gasteiger partial charge in [-0.05, 0) is 56.5 Å². The van der Waals surface area contributed by atoms with E-state index >= 15 is 0 Å². The van der Waals surface area contributed by atoms with Gasteiger partial charge in [-0.1, -0.05) is 6.07 Å². The number of nitrogens with zero attached hydrogens (tertiary/aromatic N) is 1. The quantitative estimate of drug-likeness (QED) is 0.635. The van der Waals surface area contributed by atoms with Crippen molar-refractivity contribution < 1.29 is 19.1 Å². The molecule has 1 amide bonds. The Morgan fingerprint density at radius 2 is 1.65 bits per heavy atom. The van der Waals surface area contributed by atoms with Crippen LogP contribution in [0.3, 0.4) is 0 Å². The maximum Gasteiger partial charge on any atom is 0.340 e. The Labute approximate surface area is 154 Å². The lowest BCUT2D eigenvalue weighted by atomic mass is 10.1. The number of nitrogens with one attached hydrogen (secondary N) is 1. The topological polar surface area (TPSA) is 71.6 Å². The molecule has 0 atom stereocenters. The van der Waals surface area contributed by atoms with E-state index in [0.717, 1.165) is 16.8 Å². The largest absolute Gasteiger partial charge is 0.460 e. The number of aromatic nitrogens is 1. The molecule has 0 saturated carbocycles. The number of hydrogen-bond acceptors (Lipinski definition) is 4. The third kappa shape index (κ3) is 4.14. The van der Waals surface area contributed by atoms with E-state index in [2.05, 4.69) is 11.1 Å². The highest BCUT2D eigenvalue weighted by atomic mass is 16.6. The minimum Gasteiger partial charge on any atom is -0.460 e. The lowest BCUT2D eigenvalue weighted by molar-refractivity contribution is 0.0387. The summed E-state index contributed by atoms with van der Waals surface area (Å²) in [6.07, 6.45) is 0. The first-order valence-corrected chi connectivity index (χ1v) is 8.47. The monoisotopic (exact) mass is 358 g/mol. The minimum atomic E-state index is -0.457. The highest BCUT2D eigenvalue weighted by Gasteiger charge is 2.25. The van der Waals surface area contributed by atoms with E-state index in [-0.39, 0.29) is 12.5 Å². The Morgan fingerprint density at radius 3 is 2.23 bits per heavy atom. The Hall–Kier alpha value is -2.60. The zero-order valence-corrected chi connectivity index (χ0v) is 16.2. The highest BCUT2D eigenvalue weighted by molar-refractivity contribution is 6.08. The van der Waals surface area contributed by atoms with Gasteiger partial charge >= 0.3 is 5.97 Å². The van der Waals surface area contributed by atoms with Crippen molar-refractivity contribution in [3.8, 4) is 0 Å². The predicted octanol–water partition coefficient (Wildman–Crippen LogP) is 3.33. The molecule has 0 bridgehead atoms. The number of rotatable bonds is 6. The molecule has 6 heteroatoms. The predicted molar refractivity (Wildman–Crippen MR) is 101 cm³/mol. The second kappa shape index (κ2) is 8.19. The SMILES string of the molecule is COCCOC(=O)c1c(C)[nH]c(C(=O)N(C)c2cc(C)cc(C)c2)c1C. The van der Waals surface area contributed by atoms with Gasteiger partial charge in [-0.2, -0.15) is 0 Å². The molecule has 0 radical (unpaired) electrons. The molecule has 1 aromatic carbocycles. The molecule has 2 rings (SSSR count). The van der Waals surface area contributed by atoms with Gasteiger partial charge in [0.1, 0.15) is 12.3 Å². The molecule has 0 fully saturated rings. The zero-order valence-electron chi connectivity index (χ0n) is 16.2. The molecule has 1 heterocycles. The molecule has 0 aliphatic carbocycles. The third-order valence-electron chi connectivity index (χ3n) is 4.27. The summed E-state index contributed by atoms with van der Waals surface area (Å²) in [4.78, 5) is 29.9. The van der Waals surface area contributed by atoms with Gasteiger partial charge in [-0.15, -0.1) is 0 Å². The number of ether oxygens (including phenoxy) is 2. The van der Waals surface area contributed by atoms with Gasteiger partial charge in [0.05, 0.1) is 12.2 Å². The van der Waals surface area contributed by atoms with Crippen LogP contribution in [-0.2, 0) is 9.47 Å². The fourth-order valence-electron chi connectivity index (χ4n) is 2.99. The average molecular weight is 358 g/mol. The first-order valence-electron chi connectivity index (χ1n) is 8.47. The van der Waals surface area contributed by atoms with E-state index in [1.54, 1.807) is 32.9 Å². The molecule has 1 N–H and O–H groups in total. The minimum absolute atomic E-state index is 0.172. The number of methoxy groups -OCH3 is 1. The van der Waals surface area contributed by atoms with Crippen LogP contribution in [0.15, 0.2) is 18.2 Å². The molecule has 140 valence electrons. The fourth-order valence-corrected chi connectivity index (χ4v) is 2.99. The number of carbonyl (C=O) groups is 2. The molecule has 0 aliphatic rings. The third-order valence-corrected chi connectivity index (χ3v) is 4.27. The Morgan fingerprint density at radius 1 is 1.04 bits per heavy atom. The standard InChI is InChI=1S/C20H26N2O4/c1-12-9-13(2)11-16(10-12)22(5)19(23)18-14(3)17(15(4)21-18)20(24)26-8-7-25-6/h9-11,21H,7-8H2,1-6H3. The van der Waals surface area contributed by atoms with Crippen molar-refractivity contribution in [1.29, 1.82) is 0 Å². The van der Waals surface area contributed by atoms with Gasteiger partial charge in [-0.25, -0.2) is 4.79 Å². The molecule has 0 unspecified atom stereocenters. The summed E-state index contributed by atoms with van der Waals surface area (Å²) >= 11 is 0. The Kier molecular flexibility index (Phi) is 6.21. The van der Waals surface area contributed by atoms with Gasteiger partial charge in [0, 0.05) is 25.5 Å². The van der Waals surface area contributed by atoms with Crippen LogP contribution in [0.5, 0.6) is 0 Å². The summed E-state index contributed by atoms with van der Waals surface area (Å²) in [5, 5.41) is 0. The van der Waals surface area contributed by atoms with E-state index in [1.165, 1.54) is 0 Å². The summed E-state index contributed by atoms with van der Waals surface area (Å²) in [6.45, 7) is 7.99. The van der Waals surface area contributed by atoms with Crippen molar-refractivity contribution in [1.82, 2.24) is 4.98 Å². The first-order chi connectivity index (χ1) is 12.3. The van der Waals surface area contributed by atoms with Gasteiger partial charge in [0.2, 0.25) is 0 Å². The second-order valence-electron chi connectivity index (χ2n) is 6.46. The van der Waals surface area contributed by atoms with Gasteiger partial charge in [-0.3, -0.25) is 4.79 Å². The number of carbonyl (C=O) groups excluding carboxylic acids is 2. The molecular weight excluding hydrogens is 332 g/mol. The van der Waals surface area contributed by atoms with E-state index in [0.29, 0.717) is 29.1 Å². The van der Waals surface area contributed by atoms with Crippen molar-refractivity contribution in [2.75, 3.05) is 32.3 Å². The van der Waals surface area contributed by atoms with Crippen molar-refractivity contribution in [3.63, 3.8) is 0 Å². The summed E-state index contributed by atoms with van der Waals surface area (Å²) in [5.74, 6) is -0.659. The number of hydrogen-bond donors (Lipinski definition) is 1. The number of benzene rings is 1. The van der Waals surface area contributed by atoms with E-state index in [9.17, 15) is 9.59 Å². The summed E-state index contributed by atoms with van der Waals surface area (Å²) < 4.78 is 10.1. The molecule has 0 spiro atoms. The van der Waals surface area contributed by atoms with Crippen LogP contribution in [0.2, 0.25) is 0 Å². The molecule has 1 aromatic heterocycles. The number of esters is 1. The van der Waals surface area contributed by atoms with Gasteiger partial charge in [0.25, 0.3) is 5.91 Å². The van der Waals surface area contributed by atoms with E-state index in [4.69, 9.17) is 9.47 Å². The maximum atomic E-state index is 13.0. The molecular formula is C20H26N2O4. The summed E-state index contributed by atoms with van der Waals surface area (Å²) in [7, 11) is 3.27. The van der Waals surface area contributed by atoms with Crippen LogP contribution in [0.25, 0.3) is 0 Å². The number of H-pyrrole nitrogens is 1. The fraction of sp³-hybridized carbons (Fsp3) is 0.400. The van der Waals surface area contributed by atoms with Crippen LogP contribution in [0.1, 0.15) is 43.2 Å². The smallest absolute Gasteiger partial charge is 0.340 e. The van der Waals surface area contributed by atoms with Crippen molar-refractivity contribution >= 4 is 17.6 Å². The van der Waals surface area contributed by atoms with Crippen LogP contribution in [0.4, 0.5) is 5.69 Å². The number of amides is 1. The Bertz CT molecular complexity index is 803. The summed E-state index contributed by atoms with van der Waals surface area (Å²) in [5.41, 5.74) is 4.97. The maximum absolute atomic E-state index is 13.0. The van der Waals surface area contributed by atoms with Crippen molar-refractivity contribution in [3.05, 3.63) is 51.8 Å². The highest BCUT2D eigenvalue weighted by Crippen LogP contribution is 2.24. The summed E-state index contributed by atoms with van der Waals surface area (Å²) in [6, 6.07) is 5.96. The number of aryl methyl sites for hydroxylation is 3. The molecule has 0 saturated heterocycles. The van der Waals surface area contributed by atoms with Crippen LogP contribution in [-0.4, -0.2) is 44.2 Å². The van der Waals surface area contributed by atoms with Gasteiger partial charge < -0.3 is 19.4 Å². The first kappa shape index (κ1) is 19.7. The van der Waals surface area contributed by atoms with Crippen molar-refractivity contribution in [2.45, 2.75) is 27.7 Å². The normalized spacial score (nSPS) is 10.7. The van der Waals surface area contributed by atoms with Crippen LogP contribution in [0, 0.1) is 27.7 Å². The molecule has 2 aromatic rings. The lowest BCUT2D eigenvalue weighted by Crippen LogP contribution is -2.27. The average Bonchev–Trinajstić information content (AvgIpc) is 2.87. The Balaban J connectivity index is 2.29. The molecule has 6 nitrogen and oxygen atoms in total. The lowest BCUT2D eigenvalue weighted by Gasteiger charge is -2.18. The van der Waals surface area contributed by atoms with Crippen LogP contribution >= 0.6 is 0 Å².